The molecular weight excluding hydrogens is 524 g/mol. The lowest BCUT2D eigenvalue weighted by Crippen LogP contribution is -2.34. The van der Waals surface area contributed by atoms with Gasteiger partial charge in [0.2, 0.25) is 6.23 Å². The highest BCUT2D eigenvalue weighted by Gasteiger charge is 2.43. The molecule has 0 bridgehead atoms. The van der Waals surface area contributed by atoms with Crippen molar-refractivity contribution >= 4 is 39.2 Å². The summed E-state index contributed by atoms with van der Waals surface area (Å²) in [6.07, 6.45) is -0.215. The highest BCUT2D eigenvalue weighted by atomic mass is 79.9. The van der Waals surface area contributed by atoms with Crippen LogP contribution in [0.15, 0.2) is 64.2 Å². The molecule has 5 rings (SSSR count). The molecule has 0 saturated carbocycles. The Morgan fingerprint density at radius 1 is 1.15 bits per heavy atom. The minimum absolute atomic E-state index is 0.0347. The highest BCUT2D eigenvalue weighted by Crippen LogP contribution is 2.50. The summed E-state index contributed by atoms with van der Waals surface area (Å²) in [4.78, 5) is 12.4. The Morgan fingerprint density at radius 3 is 2.65 bits per heavy atom. The number of halogens is 2. The lowest BCUT2D eigenvalue weighted by molar-refractivity contribution is -0.0199. The van der Waals surface area contributed by atoms with Crippen LogP contribution in [0, 0.1) is 0 Å². The Labute approximate surface area is 209 Å². The van der Waals surface area contributed by atoms with Gasteiger partial charge in [-0.1, -0.05) is 45.7 Å². The van der Waals surface area contributed by atoms with Gasteiger partial charge in [0.1, 0.15) is 11.3 Å². The summed E-state index contributed by atoms with van der Waals surface area (Å²) in [5.74, 6) is -0.0380. The molecule has 0 fully saturated rings. The zero-order valence-electron chi connectivity index (χ0n) is 18.3. The number of methoxy groups -OCH3 is 2. The maximum absolute atomic E-state index is 12.4. The molecule has 3 aromatic carbocycles. The third kappa shape index (κ3) is 3.67. The normalized spacial score (nSPS) is 18.5. The van der Waals surface area contributed by atoms with Gasteiger partial charge in [0.15, 0.2) is 11.5 Å². The van der Waals surface area contributed by atoms with E-state index in [9.17, 15) is 9.90 Å². The van der Waals surface area contributed by atoms with Gasteiger partial charge >= 0.3 is 5.97 Å². The van der Waals surface area contributed by atoms with Crippen LogP contribution < -0.4 is 14.2 Å². The summed E-state index contributed by atoms with van der Waals surface area (Å²) >= 11 is 10.0. The fourth-order valence-corrected chi connectivity index (χ4v) is 5.11. The molecule has 9 heteroatoms. The van der Waals surface area contributed by atoms with Gasteiger partial charge in [-0.25, -0.2) is 9.80 Å². The number of ether oxygens (including phenoxy) is 3. The Bertz CT molecular complexity index is 1330. The highest BCUT2D eigenvalue weighted by molar-refractivity contribution is 9.10. The first-order valence-electron chi connectivity index (χ1n) is 10.5. The van der Waals surface area contributed by atoms with E-state index in [1.807, 2.05) is 42.5 Å². The predicted molar refractivity (Wildman–Crippen MR) is 131 cm³/mol. The minimum Gasteiger partial charge on any atom is -0.493 e. The van der Waals surface area contributed by atoms with E-state index in [4.69, 9.17) is 30.9 Å². The van der Waals surface area contributed by atoms with Crippen LogP contribution in [0.4, 0.5) is 0 Å². The molecule has 2 heterocycles. The maximum atomic E-state index is 12.4. The number of aromatic carboxylic acids is 1. The average Bonchev–Trinajstić information content (AvgIpc) is 3.28. The number of hydrogen-bond acceptors (Lipinski definition) is 6. The number of carboxylic acids is 1. The number of nitrogens with zero attached hydrogens (tertiary/aromatic N) is 2. The van der Waals surface area contributed by atoms with E-state index in [0.717, 1.165) is 21.3 Å². The van der Waals surface area contributed by atoms with E-state index in [1.165, 1.54) is 14.2 Å². The third-order valence-electron chi connectivity index (χ3n) is 5.99. The first-order valence-corrected chi connectivity index (χ1v) is 11.6. The van der Waals surface area contributed by atoms with Crippen molar-refractivity contribution in [2.75, 3.05) is 14.2 Å². The predicted octanol–water partition coefficient (Wildman–Crippen LogP) is 6.06. The number of hydrogen-bond donors (Lipinski definition) is 1. The molecule has 0 aliphatic carbocycles. The van der Waals surface area contributed by atoms with Crippen molar-refractivity contribution in [1.29, 1.82) is 0 Å². The number of hydrazone groups is 1. The molecule has 0 radical (unpaired) electrons. The van der Waals surface area contributed by atoms with Gasteiger partial charge in [-0.2, -0.15) is 5.10 Å². The molecule has 0 spiro atoms. The van der Waals surface area contributed by atoms with Crippen molar-refractivity contribution in [2.24, 2.45) is 5.10 Å². The summed E-state index contributed by atoms with van der Waals surface area (Å²) in [7, 11) is 2.87. The number of fused-ring (bicyclic) bond motifs is 3. The number of rotatable bonds is 5. The second-order valence-electron chi connectivity index (χ2n) is 7.85. The van der Waals surface area contributed by atoms with E-state index in [0.29, 0.717) is 28.5 Å². The minimum atomic E-state index is -1.15. The van der Waals surface area contributed by atoms with Crippen molar-refractivity contribution in [3.63, 3.8) is 0 Å². The van der Waals surface area contributed by atoms with Gasteiger partial charge in [-0.05, 0) is 36.4 Å². The number of carboxylic acid groups (broad SMARTS) is 1. The maximum Gasteiger partial charge on any atom is 0.340 e. The van der Waals surface area contributed by atoms with E-state index in [2.05, 4.69) is 15.9 Å². The number of carbonyl (C=O) groups is 1. The van der Waals surface area contributed by atoms with Crippen molar-refractivity contribution in [1.82, 2.24) is 5.01 Å². The fourth-order valence-electron chi connectivity index (χ4n) is 4.49. The summed E-state index contributed by atoms with van der Waals surface area (Å²) in [5, 5.41) is 17.4. The Morgan fingerprint density at radius 2 is 1.94 bits per heavy atom. The second-order valence-corrected chi connectivity index (χ2v) is 9.17. The Hall–Kier alpha value is -3.23. The topological polar surface area (TPSA) is 80.6 Å². The summed E-state index contributed by atoms with van der Waals surface area (Å²) < 4.78 is 18.0. The van der Waals surface area contributed by atoms with Gasteiger partial charge in [-0.3, -0.25) is 0 Å². The van der Waals surface area contributed by atoms with Gasteiger partial charge < -0.3 is 19.3 Å². The molecule has 34 heavy (non-hydrogen) atoms. The second kappa shape index (κ2) is 8.85. The lowest BCUT2D eigenvalue weighted by atomic mass is 9.95. The Kier molecular flexibility index (Phi) is 5.87. The van der Waals surface area contributed by atoms with Crippen LogP contribution in [-0.2, 0) is 0 Å². The summed E-state index contributed by atoms with van der Waals surface area (Å²) in [5.41, 5.74) is 2.96. The third-order valence-corrected chi connectivity index (χ3v) is 6.82. The van der Waals surface area contributed by atoms with Crippen LogP contribution in [0.5, 0.6) is 17.2 Å². The van der Waals surface area contributed by atoms with Crippen molar-refractivity contribution in [2.45, 2.75) is 18.7 Å². The zero-order valence-corrected chi connectivity index (χ0v) is 20.6. The molecule has 2 atom stereocenters. The molecule has 2 aliphatic rings. The van der Waals surface area contributed by atoms with Gasteiger partial charge in [0, 0.05) is 32.6 Å². The molecule has 0 aromatic heterocycles. The molecule has 2 unspecified atom stereocenters. The van der Waals surface area contributed by atoms with Crippen LogP contribution in [0.3, 0.4) is 0 Å². The Balaban J connectivity index is 1.70. The van der Waals surface area contributed by atoms with Gasteiger partial charge in [0.25, 0.3) is 0 Å². The van der Waals surface area contributed by atoms with Gasteiger partial charge in [-0.15, -0.1) is 0 Å². The molecule has 3 aromatic rings. The van der Waals surface area contributed by atoms with Crippen LogP contribution in [0.1, 0.15) is 45.7 Å². The van der Waals surface area contributed by atoms with Crippen molar-refractivity contribution in [3.8, 4) is 17.2 Å². The number of benzene rings is 3. The summed E-state index contributed by atoms with van der Waals surface area (Å²) in [6.45, 7) is 0. The average molecular weight is 544 g/mol. The van der Waals surface area contributed by atoms with Crippen LogP contribution in [-0.4, -0.2) is 36.0 Å². The smallest absolute Gasteiger partial charge is 0.340 e. The molecule has 7 nitrogen and oxygen atoms in total. The van der Waals surface area contributed by atoms with Crippen molar-refractivity contribution in [3.05, 3.63) is 86.3 Å². The monoisotopic (exact) mass is 542 g/mol. The lowest BCUT2D eigenvalue weighted by Gasteiger charge is -2.38. The molecule has 0 amide bonds. The quantitative estimate of drug-likeness (QED) is 0.421. The SMILES string of the molecule is COc1ccc(C2Oc3ccc(Br)cc3C3CC(c4ccccc4Cl)=NN32)c(C(=O)O)c1OC. The largest absolute Gasteiger partial charge is 0.493 e. The van der Waals surface area contributed by atoms with Crippen molar-refractivity contribution < 1.29 is 24.1 Å². The van der Waals surface area contributed by atoms with E-state index in [1.54, 1.807) is 17.1 Å². The first-order chi connectivity index (χ1) is 16.4. The molecule has 2 aliphatic heterocycles. The van der Waals surface area contributed by atoms with Gasteiger partial charge in [0.05, 0.1) is 26.0 Å². The van der Waals surface area contributed by atoms with E-state index < -0.39 is 12.2 Å². The first kappa shape index (κ1) is 22.6. The van der Waals surface area contributed by atoms with E-state index >= 15 is 0 Å². The summed E-state index contributed by atoms with van der Waals surface area (Å²) in [6, 6.07) is 16.5. The molecular formula is C25H20BrClN2O5. The van der Waals surface area contributed by atoms with Crippen LogP contribution >= 0.6 is 27.5 Å². The van der Waals surface area contributed by atoms with E-state index in [-0.39, 0.29) is 17.4 Å². The molecule has 1 N–H and O–H groups in total. The van der Waals surface area contributed by atoms with Crippen LogP contribution in [0.25, 0.3) is 0 Å². The standard InChI is InChI=1S/C25H20BrClN2O5/c1-32-21-10-8-15(22(25(30)31)23(21)33-2)24-29-19(16-11-13(26)7-9-20(16)34-24)12-18(28-29)14-5-3-4-6-17(14)27/h3-11,19,24H,12H2,1-2H3,(H,30,31). The molecule has 174 valence electrons. The fraction of sp³-hybridized carbons (Fsp3) is 0.200. The zero-order chi connectivity index (χ0) is 24.0. The van der Waals surface area contributed by atoms with Crippen LogP contribution in [0.2, 0.25) is 5.02 Å². The molecule has 0 saturated heterocycles.